The standard InChI is InChI=1S/C22H28N4O4S/c27-22(30-18-19-7-2-1-3-8-19)25-12-6-9-20(17-25)31(28,29)26-15-13-24(14-16-26)21-10-4-5-11-23-21/h1-5,7-8,10-11,20H,6,9,12-18H2/t20-/m0/s1. The van der Waals surface area contributed by atoms with Gasteiger partial charge in [-0.2, -0.15) is 4.31 Å². The molecule has 1 atom stereocenters. The maximum Gasteiger partial charge on any atom is 0.410 e. The molecule has 9 heteroatoms. The fourth-order valence-corrected chi connectivity index (χ4v) is 6.01. The van der Waals surface area contributed by atoms with Crippen molar-refractivity contribution in [3.63, 3.8) is 0 Å². The van der Waals surface area contributed by atoms with Crippen molar-refractivity contribution in [1.29, 1.82) is 0 Å². The number of benzene rings is 1. The fraction of sp³-hybridized carbons (Fsp3) is 0.455. The van der Waals surface area contributed by atoms with E-state index < -0.39 is 21.4 Å². The lowest BCUT2D eigenvalue weighted by Crippen LogP contribution is -2.54. The van der Waals surface area contributed by atoms with Crippen molar-refractivity contribution < 1.29 is 17.9 Å². The van der Waals surface area contributed by atoms with Crippen molar-refractivity contribution in [2.75, 3.05) is 44.2 Å². The average molecular weight is 445 g/mol. The molecule has 31 heavy (non-hydrogen) atoms. The smallest absolute Gasteiger partial charge is 0.410 e. The van der Waals surface area contributed by atoms with E-state index in [4.69, 9.17) is 4.74 Å². The molecule has 0 unspecified atom stereocenters. The van der Waals surface area contributed by atoms with E-state index in [1.807, 2.05) is 48.5 Å². The Morgan fingerprint density at radius 3 is 2.45 bits per heavy atom. The number of hydrogen-bond acceptors (Lipinski definition) is 6. The van der Waals surface area contributed by atoms with Crippen molar-refractivity contribution in [2.24, 2.45) is 0 Å². The summed E-state index contributed by atoms with van der Waals surface area (Å²) in [6, 6.07) is 15.2. The second-order valence-corrected chi connectivity index (χ2v) is 10.1. The Kier molecular flexibility index (Phi) is 6.72. The molecule has 0 spiro atoms. The topological polar surface area (TPSA) is 83.0 Å². The van der Waals surface area contributed by atoms with Crippen LogP contribution in [0.15, 0.2) is 54.7 Å². The Morgan fingerprint density at radius 1 is 1.00 bits per heavy atom. The summed E-state index contributed by atoms with van der Waals surface area (Å²) in [5.74, 6) is 0.865. The first-order valence-corrected chi connectivity index (χ1v) is 12.1. The van der Waals surface area contributed by atoms with Gasteiger partial charge >= 0.3 is 6.09 Å². The first-order chi connectivity index (χ1) is 15.0. The zero-order valence-electron chi connectivity index (χ0n) is 17.5. The average Bonchev–Trinajstić information content (AvgIpc) is 2.84. The van der Waals surface area contributed by atoms with Gasteiger partial charge in [-0.1, -0.05) is 36.4 Å². The quantitative estimate of drug-likeness (QED) is 0.704. The normalized spacial score (nSPS) is 20.5. The molecule has 2 aromatic rings. The molecule has 2 fully saturated rings. The van der Waals surface area contributed by atoms with Gasteiger partial charge in [0, 0.05) is 45.5 Å². The third-order valence-electron chi connectivity index (χ3n) is 5.83. The van der Waals surface area contributed by atoms with E-state index >= 15 is 0 Å². The highest BCUT2D eigenvalue weighted by Gasteiger charge is 2.38. The number of likely N-dealkylation sites (tertiary alicyclic amines) is 1. The van der Waals surface area contributed by atoms with Crippen molar-refractivity contribution in [2.45, 2.75) is 24.7 Å². The number of ether oxygens (including phenoxy) is 1. The summed E-state index contributed by atoms with van der Waals surface area (Å²) in [5, 5.41) is -0.591. The number of sulfonamides is 1. The largest absolute Gasteiger partial charge is 0.445 e. The van der Waals surface area contributed by atoms with Crippen LogP contribution in [0.4, 0.5) is 10.6 Å². The second-order valence-electron chi connectivity index (χ2n) is 7.87. The maximum absolute atomic E-state index is 13.2. The van der Waals surface area contributed by atoms with Gasteiger partial charge in [-0.3, -0.25) is 0 Å². The molecule has 2 aliphatic heterocycles. The number of carbonyl (C=O) groups is 1. The predicted molar refractivity (Wildman–Crippen MR) is 118 cm³/mol. The Bertz CT molecular complexity index is 964. The van der Waals surface area contributed by atoms with Crippen LogP contribution in [0, 0.1) is 0 Å². The molecule has 166 valence electrons. The van der Waals surface area contributed by atoms with E-state index in [1.165, 1.54) is 4.90 Å². The van der Waals surface area contributed by atoms with Crippen LogP contribution >= 0.6 is 0 Å². The van der Waals surface area contributed by atoms with Gasteiger partial charge < -0.3 is 14.5 Å². The summed E-state index contributed by atoms with van der Waals surface area (Å²) in [6.07, 6.45) is 2.50. The van der Waals surface area contributed by atoms with E-state index in [9.17, 15) is 13.2 Å². The molecule has 0 radical (unpaired) electrons. The van der Waals surface area contributed by atoms with Crippen molar-refractivity contribution >= 4 is 21.9 Å². The molecular weight excluding hydrogens is 416 g/mol. The molecule has 1 aromatic carbocycles. The zero-order chi connectivity index (χ0) is 21.7. The van der Waals surface area contributed by atoms with Crippen molar-refractivity contribution in [1.82, 2.24) is 14.2 Å². The van der Waals surface area contributed by atoms with Gasteiger partial charge in [-0.15, -0.1) is 0 Å². The van der Waals surface area contributed by atoms with Crippen LogP contribution in [-0.4, -0.2) is 73.2 Å². The molecule has 0 aliphatic carbocycles. The first kappa shape index (κ1) is 21.6. The Labute approximate surface area is 183 Å². The highest BCUT2D eigenvalue weighted by atomic mass is 32.2. The van der Waals surface area contributed by atoms with Gasteiger partial charge in [-0.05, 0) is 30.5 Å². The number of piperazine rings is 1. The highest BCUT2D eigenvalue weighted by Crippen LogP contribution is 2.23. The van der Waals surface area contributed by atoms with E-state index in [2.05, 4.69) is 9.88 Å². The monoisotopic (exact) mass is 444 g/mol. The van der Waals surface area contributed by atoms with Crippen LogP contribution in [0.1, 0.15) is 18.4 Å². The SMILES string of the molecule is O=C(OCc1ccccc1)N1CCC[C@H](S(=O)(=O)N2CCN(c3ccccn3)CC2)C1. The van der Waals surface area contributed by atoms with Crippen LogP contribution in [-0.2, 0) is 21.4 Å². The Balaban J connectivity index is 1.32. The second kappa shape index (κ2) is 9.65. The minimum Gasteiger partial charge on any atom is -0.445 e. The molecule has 0 bridgehead atoms. The lowest BCUT2D eigenvalue weighted by atomic mass is 10.1. The Hall–Kier alpha value is -2.65. The van der Waals surface area contributed by atoms with E-state index in [0.717, 1.165) is 11.4 Å². The summed E-state index contributed by atoms with van der Waals surface area (Å²) < 4.78 is 33.5. The number of piperidine rings is 1. The summed E-state index contributed by atoms with van der Waals surface area (Å²) in [7, 11) is -3.49. The van der Waals surface area contributed by atoms with Gasteiger partial charge in [0.2, 0.25) is 10.0 Å². The van der Waals surface area contributed by atoms with Crippen molar-refractivity contribution in [3.8, 4) is 0 Å². The number of nitrogens with zero attached hydrogens (tertiary/aromatic N) is 4. The highest BCUT2D eigenvalue weighted by molar-refractivity contribution is 7.89. The van der Waals surface area contributed by atoms with Gasteiger partial charge in [-0.25, -0.2) is 18.2 Å². The zero-order valence-corrected chi connectivity index (χ0v) is 18.3. The molecular formula is C22H28N4O4S. The molecule has 1 amide bonds. The third-order valence-corrected chi connectivity index (χ3v) is 8.15. The maximum atomic E-state index is 13.2. The van der Waals surface area contributed by atoms with Crippen LogP contribution < -0.4 is 4.90 Å². The van der Waals surface area contributed by atoms with Gasteiger partial charge in [0.05, 0.1) is 5.25 Å². The van der Waals surface area contributed by atoms with E-state index in [1.54, 1.807) is 10.5 Å². The Morgan fingerprint density at radius 2 is 1.74 bits per heavy atom. The lowest BCUT2D eigenvalue weighted by Gasteiger charge is -2.38. The summed E-state index contributed by atoms with van der Waals surface area (Å²) in [4.78, 5) is 20.5. The molecule has 2 aliphatic rings. The van der Waals surface area contributed by atoms with Gasteiger partial charge in [0.15, 0.2) is 0 Å². The molecule has 2 saturated heterocycles. The lowest BCUT2D eigenvalue weighted by molar-refractivity contribution is 0.0896. The summed E-state index contributed by atoms with van der Waals surface area (Å²) in [6.45, 7) is 2.94. The summed E-state index contributed by atoms with van der Waals surface area (Å²) >= 11 is 0. The molecule has 0 N–H and O–H groups in total. The van der Waals surface area contributed by atoms with Crippen LogP contribution in [0.2, 0.25) is 0 Å². The van der Waals surface area contributed by atoms with E-state index in [-0.39, 0.29) is 13.2 Å². The van der Waals surface area contributed by atoms with Crippen LogP contribution in [0.3, 0.4) is 0 Å². The molecule has 3 heterocycles. The van der Waals surface area contributed by atoms with E-state index in [0.29, 0.717) is 45.6 Å². The van der Waals surface area contributed by atoms with Gasteiger partial charge in [0.1, 0.15) is 12.4 Å². The van der Waals surface area contributed by atoms with Crippen molar-refractivity contribution in [3.05, 3.63) is 60.3 Å². The number of anilines is 1. The first-order valence-electron chi connectivity index (χ1n) is 10.6. The summed E-state index contributed by atoms with van der Waals surface area (Å²) in [5.41, 5.74) is 0.905. The molecule has 1 aromatic heterocycles. The number of carbonyl (C=O) groups excluding carboxylic acids is 1. The minimum absolute atomic E-state index is 0.177. The number of amides is 1. The van der Waals surface area contributed by atoms with Crippen LogP contribution in [0.5, 0.6) is 0 Å². The minimum atomic E-state index is -3.49. The van der Waals surface area contributed by atoms with Crippen LogP contribution in [0.25, 0.3) is 0 Å². The predicted octanol–water partition coefficient (Wildman–Crippen LogP) is 2.33. The fourth-order valence-electron chi connectivity index (χ4n) is 4.08. The molecule has 4 rings (SSSR count). The number of pyridine rings is 1. The molecule has 0 saturated carbocycles. The number of aromatic nitrogens is 1. The third kappa shape index (κ3) is 5.16. The van der Waals surface area contributed by atoms with Gasteiger partial charge in [0.25, 0.3) is 0 Å². The number of rotatable bonds is 5. The number of hydrogen-bond donors (Lipinski definition) is 0. The molecule has 8 nitrogen and oxygen atoms in total.